The molecule has 0 N–H and O–H groups in total. The monoisotopic (exact) mass is 724 g/mol. The van der Waals surface area contributed by atoms with Crippen LogP contribution in [0.5, 0.6) is 17.2 Å². The van der Waals surface area contributed by atoms with Gasteiger partial charge in [-0.05, 0) is 71.1 Å². The van der Waals surface area contributed by atoms with Gasteiger partial charge in [-0.15, -0.1) is 0 Å². The highest BCUT2D eigenvalue weighted by molar-refractivity contribution is 5.83. The van der Waals surface area contributed by atoms with Crippen molar-refractivity contribution < 1.29 is 57.2 Å². The van der Waals surface area contributed by atoms with Crippen molar-refractivity contribution >= 4 is 36.8 Å². The summed E-state index contributed by atoms with van der Waals surface area (Å²) in [5.74, 6) is -1.17. The molecular weight excluding hydrogens is 684 g/mol. The predicted molar refractivity (Wildman–Crippen MR) is 192 cm³/mol. The molecule has 4 aromatic rings. The van der Waals surface area contributed by atoms with Crippen LogP contribution in [0.3, 0.4) is 0 Å². The van der Waals surface area contributed by atoms with Gasteiger partial charge in [0, 0.05) is 10.8 Å². The van der Waals surface area contributed by atoms with Crippen molar-refractivity contribution in [1.29, 1.82) is 0 Å². The molecule has 276 valence electrons. The Morgan fingerprint density at radius 3 is 1.11 bits per heavy atom. The molecule has 0 amide bonds. The van der Waals surface area contributed by atoms with Crippen LogP contribution >= 0.6 is 0 Å². The maximum absolute atomic E-state index is 12.3. The minimum absolute atomic E-state index is 0.185. The van der Waals surface area contributed by atoms with Crippen LogP contribution < -0.4 is 14.2 Å². The minimum atomic E-state index is -0.983. The first-order valence-electron chi connectivity index (χ1n) is 16.3. The molecule has 0 aliphatic carbocycles. The molecule has 53 heavy (non-hydrogen) atoms. The van der Waals surface area contributed by atoms with E-state index >= 15 is 0 Å². The zero-order valence-electron chi connectivity index (χ0n) is 30.3. The van der Waals surface area contributed by atoms with E-state index in [4.69, 9.17) is 14.2 Å². The highest BCUT2D eigenvalue weighted by Crippen LogP contribution is 2.43. The second-order valence-corrected chi connectivity index (χ2v) is 12.5. The Morgan fingerprint density at radius 2 is 0.774 bits per heavy atom. The van der Waals surface area contributed by atoms with Gasteiger partial charge in [0.05, 0.1) is 38.0 Å². The first-order chi connectivity index (χ1) is 25.3. The third-order valence-corrected chi connectivity index (χ3v) is 9.19. The van der Waals surface area contributed by atoms with E-state index in [1.54, 1.807) is 48.5 Å². The van der Waals surface area contributed by atoms with Crippen molar-refractivity contribution in [2.24, 2.45) is 0 Å². The molecule has 0 aliphatic rings. The molecule has 4 rings (SSSR count). The fraction of sp³-hybridized carbons (Fsp3) is 0.268. The molecule has 0 saturated heterocycles. The van der Waals surface area contributed by atoms with Gasteiger partial charge in [-0.25, -0.2) is 14.4 Å². The van der Waals surface area contributed by atoms with E-state index in [9.17, 15) is 28.8 Å². The summed E-state index contributed by atoms with van der Waals surface area (Å²) in [5, 5.41) is 0. The van der Waals surface area contributed by atoms with Crippen molar-refractivity contribution in [1.82, 2.24) is 0 Å². The van der Waals surface area contributed by atoms with Crippen molar-refractivity contribution in [3.8, 4) is 17.2 Å². The Morgan fingerprint density at radius 1 is 0.472 bits per heavy atom. The lowest BCUT2D eigenvalue weighted by Crippen LogP contribution is -2.27. The molecule has 0 spiro atoms. The van der Waals surface area contributed by atoms with Crippen LogP contribution in [0.1, 0.15) is 79.7 Å². The van der Waals surface area contributed by atoms with E-state index in [0.717, 1.165) is 16.7 Å². The van der Waals surface area contributed by atoms with Gasteiger partial charge in [-0.2, -0.15) is 0 Å². The van der Waals surface area contributed by atoms with Crippen LogP contribution in [-0.4, -0.2) is 77.9 Å². The Kier molecular flexibility index (Phi) is 12.9. The quantitative estimate of drug-likeness (QED) is 0.0587. The first-order valence-corrected chi connectivity index (χ1v) is 16.3. The Labute approximate surface area is 306 Å². The molecule has 0 saturated carbocycles. The lowest BCUT2D eigenvalue weighted by molar-refractivity contribution is -0.143. The Balaban J connectivity index is 1.80. The molecule has 0 aliphatic heterocycles. The summed E-state index contributed by atoms with van der Waals surface area (Å²) in [6.07, 6.45) is 1.92. The lowest BCUT2D eigenvalue weighted by Gasteiger charge is -2.34. The number of aldehydes is 3. The van der Waals surface area contributed by atoms with E-state index < -0.39 is 42.0 Å². The number of hydrogen-bond donors (Lipinski definition) is 0. The van der Waals surface area contributed by atoms with E-state index in [1.807, 2.05) is 51.1 Å². The van der Waals surface area contributed by atoms with E-state index in [-0.39, 0.29) is 40.5 Å². The van der Waals surface area contributed by atoms with Crippen molar-refractivity contribution in [2.75, 3.05) is 41.2 Å². The number of hydrogen-bond acceptors (Lipinski definition) is 12. The number of carbonyl (C=O) groups is 6. The van der Waals surface area contributed by atoms with Crippen LogP contribution in [0.25, 0.3) is 0 Å². The highest BCUT2D eigenvalue weighted by Gasteiger charge is 2.34. The minimum Gasteiger partial charge on any atom is -0.481 e. The van der Waals surface area contributed by atoms with Gasteiger partial charge in [-0.1, -0.05) is 56.3 Å². The summed E-state index contributed by atoms with van der Waals surface area (Å²) >= 11 is 0. The standard InChI is InChI=1S/C41H40O12/c1-40(2,31-11-14-34(26(17-31)20-42)51-23-37(45)48-4)29-7-9-30(10-8-29)41(3,32-12-15-35(27(18-32)21-43)52-24-38(46)49-5)33-13-16-36(28(19-33)22-44)53-25-39(47)50-6/h7-22H,23-25H2,1-6H3. The maximum atomic E-state index is 12.3. The average molecular weight is 725 g/mol. The topological polar surface area (TPSA) is 158 Å². The average Bonchev–Trinajstić information content (AvgIpc) is 3.20. The van der Waals surface area contributed by atoms with E-state index in [2.05, 4.69) is 14.2 Å². The fourth-order valence-electron chi connectivity index (χ4n) is 5.80. The Hall–Kier alpha value is -6.30. The third-order valence-electron chi connectivity index (χ3n) is 9.19. The Bertz CT molecular complexity index is 1920. The van der Waals surface area contributed by atoms with Gasteiger partial charge >= 0.3 is 17.9 Å². The number of benzene rings is 4. The van der Waals surface area contributed by atoms with E-state index in [0.29, 0.717) is 30.0 Å². The maximum Gasteiger partial charge on any atom is 0.343 e. The normalized spacial score (nSPS) is 11.1. The summed E-state index contributed by atoms with van der Waals surface area (Å²) in [4.78, 5) is 71.6. The molecule has 0 fully saturated rings. The molecular formula is C41H40O12. The smallest absolute Gasteiger partial charge is 0.343 e. The van der Waals surface area contributed by atoms with E-state index in [1.165, 1.54) is 21.3 Å². The van der Waals surface area contributed by atoms with Crippen molar-refractivity contribution in [2.45, 2.75) is 31.6 Å². The molecule has 0 radical (unpaired) electrons. The van der Waals surface area contributed by atoms with Gasteiger partial charge in [0.15, 0.2) is 38.7 Å². The van der Waals surface area contributed by atoms with Gasteiger partial charge in [0.1, 0.15) is 17.2 Å². The lowest BCUT2D eigenvalue weighted by atomic mass is 9.69. The number of carbonyl (C=O) groups excluding carboxylic acids is 6. The zero-order chi connectivity index (χ0) is 38.8. The van der Waals surface area contributed by atoms with Crippen molar-refractivity contribution in [3.63, 3.8) is 0 Å². The van der Waals surface area contributed by atoms with Crippen LogP contribution in [0.4, 0.5) is 0 Å². The largest absolute Gasteiger partial charge is 0.481 e. The molecule has 0 heterocycles. The molecule has 0 aromatic heterocycles. The molecule has 4 aromatic carbocycles. The first kappa shape index (κ1) is 39.5. The number of esters is 3. The highest BCUT2D eigenvalue weighted by atomic mass is 16.6. The van der Waals surface area contributed by atoms with Crippen LogP contribution in [0, 0.1) is 0 Å². The summed E-state index contributed by atoms with van der Waals surface area (Å²) in [6, 6.07) is 23.0. The molecule has 12 heteroatoms. The SMILES string of the molecule is COC(=O)COc1ccc(C(C)(C)c2ccc(C(C)(c3ccc(OCC(=O)OC)c(C=O)c3)c3ccc(OCC(=O)OC)c(C=O)c3)cc2)cc1C=O. The van der Waals surface area contributed by atoms with Crippen LogP contribution in [0.15, 0.2) is 78.9 Å². The second kappa shape index (κ2) is 17.3. The summed E-state index contributed by atoms with van der Waals surface area (Å²) < 4.78 is 30.5. The van der Waals surface area contributed by atoms with Crippen LogP contribution in [0.2, 0.25) is 0 Å². The van der Waals surface area contributed by atoms with Crippen molar-refractivity contribution in [3.05, 3.63) is 123 Å². The summed E-state index contributed by atoms with van der Waals surface area (Å²) in [6.45, 7) is 4.83. The third kappa shape index (κ3) is 8.78. The molecule has 0 unspecified atom stereocenters. The fourth-order valence-corrected chi connectivity index (χ4v) is 5.80. The second-order valence-electron chi connectivity index (χ2n) is 12.5. The molecule has 12 nitrogen and oxygen atoms in total. The molecule has 0 atom stereocenters. The van der Waals surface area contributed by atoms with Gasteiger partial charge in [0.2, 0.25) is 0 Å². The molecule has 0 bridgehead atoms. The van der Waals surface area contributed by atoms with Gasteiger partial charge in [0.25, 0.3) is 0 Å². The predicted octanol–water partition coefficient (Wildman–Crippen LogP) is 5.46. The number of methoxy groups -OCH3 is 3. The number of ether oxygens (including phenoxy) is 6. The van der Waals surface area contributed by atoms with Crippen LogP contribution in [-0.2, 0) is 39.4 Å². The van der Waals surface area contributed by atoms with Gasteiger partial charge in [-0.3, -0.25) is 14.4 Å². The van der Waals surface area contributed by atoms with Gasteiger partial charge < -0.3 is 28.4 Å². The summed E-state index contributed by atoms with van der Waals surface area (Å²) in [5.41, 5.74) is 2.91. The number of rotatable bonds is 17. The zero-order valence-corrected chi connectivity index (χ0v) is 30.3. The summed E-state index contributed by atoms with van der Waals surface area (Å²) in [7, 11) is 3.71.